The minimum absolute atomic E-state index is 0.363. The van der Waals surface area contributed by atoms with Gasteiger partial charge in [0.2, 0.25) is 5.82 Å². The van der Waals surface area contributed by atoms with E-state index in [1.165, 1.54) is 5.56 Å². The minimum atomic E-state index is 0.363. The van der Waals surface area contributed by atoms with Gasteiger partial charge in [0.05, 0.1) is 11.0 Å². The lowest BCUT2D eigenvalue weighted by atomic mass is 10.2. The van der Waals surface area contributed by atoms with Gasteiger partial charge >= 0.3 is 0 Å². The molecule has 1 heterocycles. The fraction of sp³-hybridized carbons (Fsp3) is 0.111. The van der Waals surface area contributed by atoms with Crippen LogP contribution in [0.5, 0.6) is 0 Å². The van der Waals surface area contributed by atoms with Crippen LogP contribution in [0.3, 0.4) is 0 Å². The topological polar surface area (TPSA) is 52.5 Å². The number of benzene rings is 1. The maximum atomic E-state index is 8.61. The molecule has 0 aliphatic heterocycles. The fourth-order valence-corrected chi connectivity index (χ4v) is 1.54. The Morgan fingerprint density at radius 1 is 1.54 bits per heavy atom. The van der Waals surface area contributed by atoms with Gasteiger partial charge in [-0.25, -0.2) is 4.98 Å². The summed E-state index contributed by atoms with van der Waals surface area (Å²) in [4.78, 5) is 7.00. The molecule has 0 amide bonds. The number of nitrogens with zero attached hydrogens (tertiary/aromatic N) is 2. The summed E-state index contributed by atoms with van der Waals surface area (Å²) in [5, 5.41) is 9.42. The number of aromatic amines is 1. The van der Waals surface area contributed by atoms with Gasteiger partial charge in [0.25, 0.3) is 0 Å². The van der Waals surface area contributed by atoms with Crippen LogP contribution in [0.15, 0.2) is 18.2 Å². The largest absolute Gasteiger partial charge is 0.329 e. The van der Waals surface area contributed by atoms with Crippen molar-refractivity contribution >= 4 is 27.0 Å². The average Bonchev–Trinajstić information content (AvgIpc) is 2.58. The van der Waals surface area contributed by atoms with Gasteiger partial charge in [0.15, 0.2) is 0 Å². The van der Waals surface area contributed by atoms with Crippen LogP contribution < -0.4 is 0 Å². The average molecular weight is 236 g/mol. The van der Waals surface area contributed by atoms with Gasteiger partial charge < -0.3 is 4.98 Å². The van der Waals surface area contributed by atoms with Crippen LogP contribution >= 0.6 is 15.9 Å². The van der Waals surface area contributed by atoms with Crippen LogP contribution in [0.1, 0.15) is 11.4 Å². The molecule has 0 bridgehead atoms. The molecule has 2 rings (SSSR count). The Morgan fingerprint density at radius 3 is 3.08 bits per heavy atom. The molecule has 13 heavy (non-hydrogen) atoms. The summed E-state index contributed by atoms with van der Waals surface area (Å²) in [6, 6.07) is 7.85. The molecule has 0 radical (unpaired) electrons. The molecule has 3 nitrogen and oxygen atoms in total. The lowest BCUT2D eigenvalue weighted by molar-refractivity contribution is 1.25. The van der Waals surface area contributed by atoms with Gasteiger partial charge in [-0.3, -0.25) is 0 Å². The van der Waals surface area contributed by atoms with E-state index < -0.39 is 0 Å². The fourth-order valence-electron chi connectivity index (χ4n) is 1.19. The quantitative estimate of drug-likeness (QED) is 0.772. The first-order valence-electron chi connectivity index (χ1n) is 3.78. The smallest absolute Gasteiger partial charge is 0.211 e. The number of aromatic nitrogens is 2. The minimum Gasteiger partial charge on any atom is -0.329 e. The molecule has 1 aromatic carbocycles. The SMILES string of the molecule is N#Cc1nc2ccc(CBr)cc2[nH]1. The maximum Gasteiger partial charge on any atom is 0.211 e. The molecule has 0 aliphatic rings. The number of fused-ring (bicyclic) bond motifs is 1. The molecule has 0 aliphatic carbocycles. The normalized spacial score (nSPS) is 10.2. The highest BCUT2D eigenvalue weighted by molar-refractivity contribution is 9.08. The van der Waals surface area contributed by atoms with Crippen LogP contribution in [0.25, 0.3) is 11.0 Å². The van der Waals surface area contributed by atoms with E-state index in [1.54, 1.807) is 0 Å². The van der Waals surface area contributed by atoms with Gasteiger partial charge in [0.1, 0.15) is 6.07 Å². The predicted molar refractivity (Wildman–Crippen MR) is 53.4 cm³/mol. The van der Waals surface area contributed by atoms with Crippen LogP contribution in [-0.4, -0.2) is 9.97 Å². The van der Waals surface area contributed by atoms with Gasteiger partial charge in [-0.2, -0.15) is 5.26 Å². The number of H-pyrrole nitrogens is 1. The van der Waals surface area contributed by atoms with Gasteiger partial charge in [-0.05, 0) is 17.7 Å². The molecular formula is C9H6BrN3. The first kappa shape index (κ1) is 8.27. The molecule has 1 N–H and O–H groups in total. The molecule has 2 aromatic rings. The van der Waals surface area contributed by atoms with Crippen LogP contribution in [0, 0.1) is 11.3 Å². The Kier molecular flexibility index (Phi) is 2.03. The molecule has 4 heteroatoms. The zero-order chi connectivity index (χ0) is 9.26. The van der Waals surface area contributed by atoms with Crippen molar-refractivity contribution in [3.63, 3.8) is 0 Å². The highest BCUT2D eigenvalue weighted by Crippen LogP contribution is 2.15. The Bertz CT molecular complexity index is 481. The van der Waals surface area contributed by atoms with Gasteiger partial charge in [-0.1, -0.05) is 22.0 Å². The van der Waals surface area contributed by atoms with E-state index in [1.807, 2.05) is 24.3 Å². The summed E-state index contributed by atoms with van der Waals surface area (Å²) in [6.07, 6.45) is 0. The van der Waals surface area contributed by atoms with E-state index in [0.29, 0.717) is 5.82 Å². The van der Waals surface area contributed by atoms with E-state index in [9.17, 15) is 0 Å². The first-order chi connectivity index (χ1) is 6.33. The number of rotatable bonds is 1. The van der Waals surface area contributed by atoms with Crippen molar-refractivity contribution in [3.8, 4) is 6.07 Å². The predicted octanol–water partition coefficient (Wildman–Crippen LogP) is 2.33. The van der Waals surface area contributed by atoms with Crippen molar-refractivity contribution in [2.24, 2.45) is 0 Å². The number of halogens is 1. The molecule has 0 fully saturated rings. The summed E-state index contributed by atoms with van der Waals surface area (Å²) in [7, 11) is 0. The summed E-state index contributed by atoms with van der Waals surface area (Å²) < 4.78 is 0. The van der Waals surface area contributed by atoms with Crippen LogP contribution in [0.4, 0.5) is 0 Å². The highest BCUT2D eigenvalue weighted by Gasteiger charge is 2.01. The summed E-state index contributed by atoms with van der Waals surface area (Å²) in [5.41, 5.74) is 2.91. The molecule has 64 valence electrons. The van der Waals surface area contributed by atoms with Crippen molar-refractivity contribution in [1.29, 1.82) is 5.26 Å². The zero-order valence-electron chi connectivity index (χ0n) is 6.71. The van der Waals surface area contributed by atoms with Gasteiger partial charge in [0, 0.05) is 5.33 Å². The second-order valence-corrected chi connectivity index (χ2v) is 3.24. The summed E-state index contributed by atoms with van der Waals surface area (Å²) in [6.45, 7) is 0. The van der Waals surface area contributed by atoms with E-state index in [-0.39, 0.29) is 0 Å². The van der Waals surface area contributed by atoms with Gasteiger partial charge in [-0.15, -0.1) is 0 Å². The number of nitriles is 1. The van der Waals surface area contributed by atoms with Crippen molar-refractivity contribution in [1.82, 2.24) is 9.97 Å². The second-order valence-electron chi connectivity index (χ2n) is 2.68. The summed E-state index contributed by atoms with van der Waals surface area (Å²) in [5.74, 6) is 0.363. The Labute approximate surface area is 83.5 Å². The molecule has 0 saturated heterocycles. The third kappa shape index (κ3) is 1.43. The standard InChI is InChI=1S/C9H6BrN3/c10-4-6-1-2-7-8(3-6)13-9(5-11)12-7/h1-3H,4H2,(H,12,13). The number of hydrogen-bond acceptors (Lipinski definition) is 2. The van der Waals surface area contributed by atoms with Crippen LogP contribution in [0.2, 0.25) is 0 Å². The first-order valence-corrected chi connectivity index (χ1v) is 4.90. The summed E-state index contributed by atoms with van der Waals surface area (Å²) >= 11 is 3.37. The lowest BCUT2D eigenvalue weighted by Crippen LogP contribution is -1.76. The molecule has 0 atom stereocenters. The van der Waals surface area contributed by atoms with E-state index in [0.717, 1.165) is 16.4 Å². The molecule has 0 spiro atoms. The van der Waals surface area contributed by atoms with E-state index in [4.69, 9.17) is 5.26 Å². The maximum absolute atomic E-state index is 8.61. The number of imidazole rings is 1. The Morgan fingerprint density at radius 2 is 2.38 bits per heavy atom. The second kappa shape index (κ2) is 3.19. The number of hydrogen-bond donors (Lipinski definition) is 1. The lowest BCUT2D eigenvalue weighted by Gasteiger charge is -1.92. The third-order valence-electron chi connectivity index (χ3n) is 1.81. The van der Waals surface area contributed by atoms with E-state index in [2.05, 4.69) is 25.9 Å². The van der Waals surface area contributed by atoms with Crippen LogP contribution in [-0.2, 0) is 5.33 Å². The highest BCUT2D eigenvalue weighted by atomic mass is 79.9. The Balaban J connectivity index is 2.65. The molecular weight excluding hydrogens is 230 g/mol. The molecule has 0 saturated carbocycles. The van der Waals surface area contributed by atoms with E-state index >= 15 is 0 Å². The van der Waals surface area contributed by atoms with Crippen molar-refractivity contribution < 1.29 is 0 Å². The number of alkyl halides is 1. The van der Waals surface area contributed by atoms with Crippen molar-refractivity contribution in [3.05, 3.63) is 29.6 Å². The third-order valence-corrected chi connectivity index (χ3v) is 2.45. The zero-order valence-corrected chi connectivity index (χ0v) is 8.30. The molecule has 1 aromatic heterocycles. The Hall–Kier alpha value is -1.34. The monoisotopic (exact) mass is 235 g/mol. The van der Waals surface area contributed by atoms with Crippen molar-refractivity contribution in [2.75, 3.05) is 0 Å². The molecule has 0 unspecified atom stereocenters. The van der Waals surface area contributed by atoms with Crippen molar-refractivity contribution in [2.45, 2.75) is 5.33 Å². The number of nitrogens with one attached hydrogen (secondary N) is 1.